The molecule has 216 valence electrons. The van der Waals surface area contributed by atoms with E-state index in [1.54, 1.807) is 58.3 Å². The summed E-state index contributed by atoms with van der Waals surface area (Å²) in [7, 11) is 1.56. The van der Waals surface area contributed by atoms with Crippen molar-refractivity contribution in [3.8, 4) is 23.0 Å². The Morgan fingerprint density at radius 3 is 2.40 bits per heavy atom. The molecule has 0 aliphatic rings. The van der Waals surface area contributed by atoms with E-state index in [1.165, 1.54) is 24.5 Å². The topological polar surface area (TPSA) is 129 Å². The largest absolute Gasteiger partial charge is 0.497 e. The first-order chi connectivity index (χ1) is 20.1. The standard InChI is InChI=1S/C32H30N2O8/c1-32(2,3)42-31(37)34-26(15-19-17-33-25-8-6-5-7-23(19)25)30(36)41-22-13-14-24-27(16-22)39-18-28(29(24)35)40-21-11-9-20(38-4)10-12-21/h5-14,16-18,26,33H,15H2,1-4H3,(H,34,37)/t26-/m1/s1. The van der Waals surface area contributed by atoms with Crippen molar-refractivity contribution in [3.63, 3.8) is 0 Å². The Bertz CT molecular complexity index is 1800. The molecule has 0 fully saturated rings. The quantitative estimate of drug-likeness (QED) is 0.169. The van der Waals surface area contributed by atoms with E-state index in [0.29, 0.717) is 11.5 Å². The summed E-state index contributed by atoms with van der Waals surface area (Å²) < 4.78 is 27.5. The molecule has 10 heteroatoms. The van der Waals surface area contributed by atoms with Crippen molar-refractivity contribution in [3.05, 3.63) is 95.0 Å². The number of ether oxygens (including phenoxy) is 4. The van der Waals surface area contributed by atoms with Gasteiger partial charge in [-0.15, -0.1) is 0 Å². The third-order valence-electron chi connectivity index (χ3n) is 6.29. The summed E-state index contributed by atoms with van der Waals surface area (Å²) in [5, 5.41) is 3.79. The Morgan fingerprint density at radius 1 is 0.952 bits per heavy atom. The second kappa shape index (κ2) is 11.7. The van der Waals surface area contributed by atoms with Crippen LogP contribution in [-0.2, 0) is 16.0 Å². The highest BCUT2D eigenvalue weighted by Crippen LogP contribution is 2.26. The molecule has 5 aromatic rings. The molecule has 5 rings (SSSR count). The van der Waals surface area contributed by atoms with Crippen LogP contribution < -0.4 is 25.0 Å². The summed E-state index contributed by atoms with van der Waals surface area (Å²) in [6, 6.07) is 17.7. The molecule has 2 aromatic heterocycles. The molecule has 0 saturated heterocycles. The molecule has 1 atom stereocenters. The fourth-order valence-electron chi connectivity index (χ4n) is 4.35. The Hall–Kier alpha value is -5.25. The minimum Gasteiger partial charge on any atom is -0.497 e. The van der Waals surface area contributed by atoms with Gasteiger partial charge in [-0.1, -0.05) is 18.2 Å². The van der Waals surface area contributed by atoms with E-state index in [9.17, 15) is 14.4 Å². The summed E-state index contributed by atoms with van der Waals surface area (Å²) in [5.41, 5.74) is 0.759. The lowest BCUT2D eigenvalue weighted by Crippen LogP contribution is -2.46. The van der Waals surface area contributed by atoms with Gasteiger partial charge in [0.15, 0.2) is 0 Å². The van der Waals surface area contributed by atoms with Gasteiger partial charge in [-0.3, -0.25) is 4.79 Å². The van der Waals surface area contributed by atoms with Crippen LogP contribution in [0, 0.1) is 0 Å². The number of aromatic amines is 1. The minimum absolute atomic E-state index is 0.00207. The van der Waals surface area contributed by atoms with E-state index >= 15 is 0 Å². The predicted octanol–water partition coefficient (Wildman–Crippen LogP) is 6.12. The molecule has 0 radical (unpaired) electrons. The molecule has 1 amide bonds. The molecule has 0 aliphatic carbocycles. The number of hydrogen-bond acceptors (Lipinski definition) is 8. The summed E-state index contributed by atoms with van der Waals surface area (Å²) in [6.45, 7) is 5.20. The SMILES string of the molecule is COc1ccc(Oc2coc3cc(OC(=O)[C@@H](Cc4c[nH]c5ccccc45)NC(=O)OC(C)(C)C)ccc3c2=O)cc1. The summed E-state index contributed by atoms with van der Waals surface area (Å²) in [4.78, 5) is 42.2. The number of alkyl carbamates (subject to hydrolysis) is 1. The van der Waals surface area contributed by atoms with Crippen LogP contribution in [0.25, 0.3) is 21.9 Å². The van der Waals surface area contributed by atoms with Crippen molar-refractivity contribution in [1.82, 2.24) is 10.3 Å². The third-order valence-corrected chi connectivity index (χ3v) is 6.29. The van der Waals surface area contributed by atoms with Crippen molar-refractivity contribution in [2.45, 2.75) is 38.8 Å². The lowest BCUT2D eigenvalue weighted by atomic mass is 10.1. The number of carbonyl (C=O) groups is 2. The van der Waals surface area contributed by atoms with Crippen LogP contribution in [0.5, 0.6) is 23.0 Å². The lowest BCUT2D eigenvalue weighted by molar-refractivity contribution is -0.136. The number of fused-ring (bicyclic) bond motifs is 2. The number of benzene rings is 3. The second-order valence-electron chi connectivity index (χ2n) is 10.5. The van der Waals surface area contributed by atoms with E-state index in [1.807, 2.05) is 24.3 Å². The highest BCUT2D eigenvalue weighted by Gasteiger charge is 2.27. The average molecular weight is 571 g/mol. The van der Waals surface area contributed by atoms with Crippen LogP contribution in [0.2, 0.25) is 0 Å². The van der Waals surface area contributed by atoms with Gasteiger partial charge in [0.05, 0.1) is 12.5 Å². The van der Waals surface area contributed by atoms with Crippen LogP contribution in [0.3, 0.4) is 0 Å². The zero-order valence-electron chi connectivity index (χ0n) is 23.6. The number of nitrogens with one attached hydrogen (secondary N) is 2. The van der Waals surface area contributed by atoms with Crippen molar-refractivity contribution in [2.75, 3.05) is 7.11 Å². The molecule has 0 unspecified atom stereocenters. The monoisotopic (exact) mass is 570 g/mol. The molecule has 0 bridgehead atoms. The van der Waals surface area contributed by atoms with Gasteiger partial charge in [-0.2, -0.15) is 0 Å². The molecule has 0 spiro atoms. The number of H-pyrrole nitrogens is 1. The Kier molecular flexibility index (Phi) is 7.88. The Morgan fingerprint density at radius 2 is 1.67 bits per heavy atom. The summed E-state index contributed by atoms with van der Waals surface area (Å²) >= 11 is 0. The number of esters is 1. The number of hydrogen-bond donors (Lipinski definition) is 2. The van der Waals surface area contributed by atoms with Crippen molar-refractivity contribution in [1.29, 1.82) is 0 Å². The van der Waals surface area contributed by atoms with Crippen LogP contribution in [-0.4, -0.2) is 35.8 Å². The van der Waals surface area contributed by atoms with Gasteiger partial charge < -0.3 is 33.7 Å². The molecule has 10 nitrogen and oxygen atoms in total. The van der Waals surface area contributed by atoms with Gasteiger partial charge in [0.1, 0.15) is 40.7 Å². The highest BCUT2D eigenvalue weighted by atomic mass is 16.6. The van der Waals surface area contributed by atoms with Crippen LogP contribution in [0.4, 0.5) is 4.79 Å². The van der Waals surface area contributed by atoms with Crippen LogP contribution in [0.1, 0.15) is 26.3 Å². The van der Waals surface area contributed by atoms with E-state index in [0.717, 1.165) is 16.5 Å². The first-order valence-electron chi connectivity index (χ1n) is 13.2. The number of aromatic nitrogens is 1. The Labute approximate surface area is 241 Å². The van der Waals surface area contributed by atoms with Gasteiger partial charge in [0.25, 0.3) is 0 Å². The fourth-order valence-corrected chi connectivity index (χ4v) is 4.35. The smallest absolute Gasteiger partial charge is 0.408 e. The van der Waals surface area contributed by atoms with Gasteiger partial charge in [0.2, 0.25) is 11.2 Å². The molecule has 42 heavy (non-hydrogen) atoms. The molecule has 2 N–H and O–H groups in total. The van der Waals surface area contributed by atoms with Crippen molar-refractivity contribution in [2.24, 2.45) is 0 Å². The fraction of sp³-hybridized carbons (Fsp3) is 0.219. The maximum atomic E-state index is 13.4. The van der Waals surface area contributed by atoms with Crippen LogP contribution in [0.15, 0.2) is 88.4 Å². The van der Waals surface area contributed by atoms with Gasteiger partial charge in [-0.25, -0.2) is 9.59 Å². The first-order valence-corrected chi connectivity index (χ1v) is 13.2. The van der Waals surface area contributed by atoms with Gasteiger partial charge >= 0.3 is 12.1 Å². The van der Waals surface area contributed by atoms with Crippen molar-refractivity contribution >= 4 is 33.9 Å². The van der Waals surface area contributed by atoms with Gasteiger partial charge in [0, 0.05) is 29.6 Å². The zero-order chi connectivity index (χ0) is 29.9. The van der Waals surface area contributed by atoms with Crippen molar-refractivity contribution < 1.29 is 33.0 Å². The van der Waals surface area contributed by atoms with E-state index in [-0.39, 0.29) is 28.9 Å². The summed E-state index contributed by atoms with van der Waals surface area (Å²) in [6.07, 6.45) is 2.39. The molecular weight excluding hydrogens is 540 g/mol. The number of rotatable bonds is 8. The molecule has 0 saturated carbocycles. The van der Waals surface area contributed by atoms with E-state index < -0.39 is 29.1 Å². The number of carbonyl (C=O) groups excluding carboxylic acids is 2. The lowest BCUT2D eigenvalue weighted by Gasteiger charge is -2.23. The number of methoxy groups -OCH3 is 1. The Balaban J connectivity index is 1.36. The average Bonchev–Trinajstić information content (AvgIpc) is 3.36. The highest BCUT2D eigenvalue weighted by molar-refractivity contribution is 5.87. The van der Waals surface area contributed by atoms with E-state index in [4.69, 9.17) is 23.4 Å². The zero-order valence-corrected chi connectivity index (χ0v) is 23.6. The van der Waals surface area contributed by atoms with Gasteiger partial charge in [-0.05, 0) is 68.8 Å². The van der Waals surface area contributed by atoms with Crippen LogP contribution >= 0.6 is 0 Å². The first kappa shape index (κ1) is 28.3. The number of para-hydroxylation sites is 1. The summed E-state index contributed by atoms with van der Waals surface area (Å²) in [5.74, 6) is 0.506. The molecular formula is C32H30N2O8. The molecule has 3 aromatic carbocycles. The molecule has 0 aliphatic heterocycles. The maximum absolute atomic E-state index is 13.4. The maximum Gasteiger partial charge on any atom is 0.408 e. The third kappa shape index (κ3) is 6.55. The van der Waals surface area contributed by atoms with E-state index in [2.05, 4.69) is 10.3 Å². The normalized spacial score (nSPS) is 12.1. The second-order valence-corrected chi connectivity index (χ2v) is 10.5. The molecule has 2 heterocycles. The number of amides is 1. The predicted molar refractivity (Wildman–Crippen MR) is 156 cm³/mol. The minimum atomic E-state index is -1.07.